The highest BCUT2D eigenvalue weighted by Crippen LogP contribution is 2.22. The first kappa shape index (κ1) is 14.5. The average Bonchev–Trinajstić information content (AvgIpc) is 2.57. The summed E-state index contributed by atoms with van der Waals surface area (Å²) in [4.78, 5) is 22.1. The monoisotopic (exact) mass is 300 g/mol. The Morgan fingerprint density at radius 1 is 1.32 bits per heavy atom. The van der Waals surface area contributed by atoms with E-state index in [9.17, 15) is 4.79 Å². The second kappa shape index (κ2) is 6.55. The Hall–Kier alpha value is -2.44. The third kappa shape index (κ3) is 3.24. The molecule has 3 heterocycles. The van der Waals surface area contributed by atoms with Crippen molar-refractivity contribution in [3.05, 3.63) is 41.1 Å². The molecule has 1 aliphatic rings. The molecule has 1 aliphatic heterocycles. The van der Waals surface area contributed by atoms with Gasteiger partial charge in [0.2, 0.25) is 0 Å². The summed E-state index contributed by atoms with van der Waals surface area (Å²) < 4.78 is 1.39. The van der Waals surface area contributed by atoms with E-state index in [1.54, 1.807) is 31.7 Å². The molecule has 0 radical (unpaired) electrons. The third-order valence-electron chi connectivity index (χ3n) is 3.95. The lowest BCUT2D eigenvalue weighted by Gasteiger charge is -2.36. The Labute approximate surface area is 129 Å². The van der Waals surface area contributed by atoms with E-state index >= 15 is 0 Å². The van der Waals surface area contributed by atoms with Gasteiger partial charge < -0.3 is 10.2 Å². The summed E-state index contributed by atoms with van der Waals surface area (Å²) in [5, 5.41) is 7.70. The Balaban J connectivity index is 1.73. The molecule has 2 aromatic heterocycles. The van der Waals surface area contributed by atoms with Crippen molar-refractivity contribution in [3.63, 3.8) is 0 Å². The maximum absolute atomic E-state index is 11.5. The van der Waals surface area contributed by atoms with Crippen molar-refractivity contribution < 1.29 is 0 Å². The van der Waals surface area contributed by atoms with Crippen molar-refractivity contribution >= 4 is 11.6 Å². The lowest BCUT2D eigenvalue weighted by molar-refractivity contribution is 0.464. The van der Waals surface area contributed by atoms with Crippen LogP contribution < -0.4 is 15.8 Å². The van der Waals surface area contributed by atoms with Crippen molar-refractivity contribution in [1.82, 2.24) is 19.7 Å². The van der Waals surface area contributed by atoms with Crippen molar-refractivity contribution in [1.29, 1.82) is 0 Å². The maximum atomic E-state index is 11.5. The quantitative estimate of drug-likeness (QED) is 0.909. The molecule has 1 unspecified atom stereocenters. The van der Waals surface area contributed by atoms with Crippen LogP contribution in [0.15, 0.2) is 35.5 Å². The highest BCUT2D eigenvalue weighted by molar-refractivity contribution is 5.40. The number of rotatable bonds is 4. The van der Waals surface area contributed by atoms with Crippen molar-refractivity contribution in [3.8, 4) is 0 Å². The zero-order valence-electron chi connectivity index (χ0n) is 12.6. The summed E-state index contributed by atoms with van der Waals surface area (Å²) in [6.45, 7) is 1.74. The van der Waals surface area contributed by atoms with Crippen LogP contribution >= 0.6 is 0 Å². The second-order valence-corrected chi connectivity index (χ2v) is 5.47. The normalized spacial score (nSPS) is 18.2. The lowest BCUT2D eigenvalue weighted by atomic mass is 10.0. The molecule has 0 spiro atoms. The van der Waals surface area contributed by atoms with Gasteiger partial charge in [0, 0.05) is 44.6 Å². The predicted octanol–water partition coefficient (Wildman–Crippen LogP) is 1.04. The van der Waals surface area contributed by atoms with Crippen molar-refractivity contribution in [2.75, 3.05) is 23.3 Å². The zero-order valence-corrected chi connectivity index (χ0v) is 12.6. The largest absolute Gasteiger partial charge is 0.367 e. The van der Waals surface area contributed by atoms with E-state index in [0.717, 1.165) is 37.6 Å². The molecule has 7 heteroatoms. The molecule has 22 heavy (non-hydrogen) atoms. The van der Waals surface area contributed by atoms with Crippen LogP contribution in [0.2, 0.25) is 0 Å². The molecule has 116 valence electrons. The average molecular weight is 300 g/mol. The Morgan fingerprint density at radius 3 is 3.00 bits per heavy atom. The number of aromatic nitrogens is 4. The van der Waals surface area contributed by atoms with Crippen LogP contribution in [0, 0.1) is 0 Å². The molecule has 1 atom stereocenters. The van der Waals surface area contributed by atoms with Gasteiger partial charge in [-0.2, -0.15) is 5.10 Å². The smallest absolute Gasteiger partial charge is 0.266 e. The van der Waals surface area contributed by atoms with Gasteiger partial charge in [0.15, 0.2) is 0 Å². The van der Waals surface area contributed by atoms with Crippen LogP contribution in [-0.2, 0) is 7.05 Å². The first-order chi connectivity index (χ1) is 10.7. The highest BCUT2D eigenvalue weighted by Gasteiger charge is 2.23. The maximum Gasteiger partial charge on any atom is 0.266 e. The van der Waals surface area contributed by atoms with Gasteiger partial charge in [-0.3, -0.25) is 9.78 Å². The number of nitrogens with one attached hydrogen (secondary N) is 1. The molecule has 0 saturated carbocycles. The van der Waals surface area contributed by atoms with Gasteiger partial charge in [-0.1, -0.05) is 0 Å². The number of nitrogens with zero attached hydrogens (tertiary/aromatic N) is 5. The molecule has 0 amide bonds. The minimum Gasteiger partial charge on any atom is -0.367 e. The summed E-state index contributed by atoms with van der Waals surface area (Å²) in [6, 6.07) is 3.72. The van der Waals surface area contributed by atoms with Crippen LogP contribution in [0.25, 0.3) is 0 Å². The molecule has 7 nitrogen and oxygen atoms in total. The minimum absolute atomic E-state index is 0.0880. The highest BCUT2D eigenvalue weighted by atomic mass is 16.1. The number of hydrogen-bond donors (Lipinski definition) is 1. The van der Waals surface area contributed by atoms with Crippen LogP contribution in [0.1, 0.15) is 19.3 Å². The summed E-state index contributed by atoms with van der Waals surface area (Å²) >= 11 is 0. The lowest BCUT2D eigenvalue weighted by Crippen LogP contribution is -2.45. The SMILES string of the molecule is Cn1nc(N2CCCCC2CNc2cnccn2)ccc1=O. The van der Waals surface area contributed by atoms with E-state index in [1.807, 2.05) is 6.07 Å². The van der Waals surface area contributed by atoms with Crippen LogP contribution in [0.4, 0.5) is 11.6 Å². The Bertz CT molecular complexity index is 671. The van der Waals surface area contributed by atoms with Gasteiger partial charge in [0.25, 0.3) is 5.56 Å². The fourth-order valence-electron chi connectivity index (χ4n) is 2.77. The van der Waals surface area contributed by atoms with E-state index in [1.165, 1.54) is 11.1 Å². The van der Waals surface area contributed by atoms with E-state index < -0.39 is 0 Å². The van der Waals surface area contributed by atoms with Crippen LogP contribution in [0.3, 0.4) is 0 Å². The fraction of sp³-hybridized carbons (Fsp3) is 0.467. The zero-order chi connectivity index (χ0) is 15.4. The molecule has 0 aliphatic carbocycles. The number of hydrogen-bond acceptors (Lipinski definition) is 6. The first-order valence-corrected chi connectivity index (χ1v) is 7.55. The van der Waals surface area contributed by atoms with Gasteiger partial charge in [-0.05, 0) is 25.3 Å². The molecule has 1 N–H and O–H groups in total. The van der Waals surface area contributed by atoms with Gasteiger partial charge >= 0.3 is 0 Å². The van der Waals surface area contributed by atoms with Crippen molar-refractivity contribution in [2.45, 2.75) is 25.3 Å². The van der Waals surface area contributed by atoms with E-state index in [0.29, 0.717) is 6.04 Å². The molecule has 0 aromatic carbocycles. The summed E-state index contributed by atoms with van der Waals surface area (Å²) in [5.74, 6) is 1.63. The second-order valence-electron chi connectivity index (χ2n) is 5.47. The molecule has 0 bridgehead atoms. The van der Waals surface area contributed by atoms with Crippen molar-refractivity contribution in [2.24, 2.45) is 7.05 Å². The number of anilines is 2. The summed E-state index contributed by atoms with van der Waals surface area (Å²) in [6.07, 6.45) is 8.50. The first-order valence-electron chi connectivity index (χ1n) is 7.55. The van der Waals surface area contributed by atoms with Crippen LogP contribution in [0.5, 0.6) is 0 Å². The molecular formula is C15H20N6O. The van der Waals surface area contributed by atoms with E-state index in [2.05, 4.69) is 25.3 Å². The standard InChI is InChI=1S/C15H20N6O/c1-20-15(22)6-5-14(19-20)21-9-3-2-4-12(21)10-18-13-11-16-7-8-17-13/h5-8,11-12H,2-4,9-10H2,1H3,(H,17,18). The fourth-order valence-corrected chi connectivity index (χ4v) is 2.77. The summed E-state index contributed by atoms with van der Waals surface area (Å²) in [5.41, 5.74) is -0.0880. The predicted molar refractivity (Wildman–Crippen MR) is 85.0 cm³/mol. The number of piperidine rings is 1. The molecular weight excluding hydrogens is 280 g/mol. The van der Waals surface area contributed by atoms with E-state index in [-0.39, 0.29) is 5.56 Å². The third-order valence-corrected chi connectivity index (χ3v) is 3.95. The van der Waals surface area contributed by atoms with Crippen LogP contribution in [-0.4, -0.2) is 38.9 Å². The Morgan fingerprint density at radius 2 is 2.23 bits per heavy atom. The van der Waals surface area contributed by atoms with E-state index in [4.69, 9.17) is 0 Å². The molecule has 3 rings (SSSR count). The Kier molecular flexibility index (Phi) is 4.32. The topological polar surface area (TPSA) is 75.9 Å². The molecule has 2 aromatic rings. The van der Waals surface area contributed by atoms with Gasteiger partial charge in [-0.25, -0.2) is 9.67 Å². The van der Waals surface area contributed by atoms with Gasteiger partial charge in [0.1, 0.15) is 11.6 Å². The van der Waals surface area contributed by atoms with Gasteiger partial charge in [0.05, 0.1) is 6.20 Å². The summed E-state index contributed by atoms with van der Waals surface area (Å²) in [7, 11) is 1.68. The number of aryl methyl sites for hydroxylation is 1. The minimum atomic E-state index is -0.0880. The van der Waals surface area contributed by atoms with Gasteiger partial charge in [-0.15, -0.1) is 0 Å². The molecule has 1 saturated heterocycles. The molecule has 1 fully saturated rings.